The van der Waals surface area contributed by atoms with Gasteiger partial charge in [-0.05, 0) is 31.5 Å². The summed E-state index contributed by atoms with van der Waals surface area (Å²) >= 11 is 0. The summed E-state index contributed by atoms with van der Waals surface area (Å²) in [5, 5.41) is 3.03. The van der Waals surface area contributed by atoms with Crippen LogP contribution < -0.4 is 10.0 Å². The third-order valence-corrected chi connectivity index (χ3v) is 4.05. The van der Waals surface area contributed by atoms with E-state index in [1.54, 1.807) is 0 Å². The Balaban J connectivity index is 2.36. The molecule has 0 aliphatic carbocycles. The second kappa shape index (κ2) is 7.51. The van der Waals surface area contributed by atoms with E-state index >= 15 is 0 Å². The fourth-order valence-corrected chi connectivity index (χ4v) is 2.85. The summed E-state index contributed by atoms with van der Waals surface area (Å²) in [7, 11) is -1.31. The van der Waals surface area contributed by atoms with Gasteiger partial charge in [-0.3, -0.25) is 0 Å². The number of rotatable bonds is 8. The minimum atomic E-state index is -3.17. The molecule has 0 radical (unpaired) electrons. The Morgan fingerprint density at radius 1 is 1.17 bits per heavy atom. The van der Waals surface area contributed by atoms with Gasteiger partial charge < -0.3 is 5.32 Å². The Kier molecular flexibility index (Phi) is 6.32. The molecule has 18 heavy (non-hydrogen) atoms. The summed E-state index contributed by atoms with van der Waals surface area (Å²) in [5.41, 5.74) is 1.05. The summed E-state index contributed by atoms with van der Waals surface area (Å²) in [6.07, 6.45) is 0.552. The number of sulfonamides is 1. The molecular weight excluding hydrogens is 248 g/mol. The molecule has 0 saturated heterocycles. The molecule has 0 saturated carbocycles. The van der Waals surface area contributed by atoms with Crippen molar-refractivity contribution in [2.75, 3.05) is 25.9 Å². The Morgan fingerprint density at radius 3 is 2.44 bits per heavy atom. The molecule has 0 bridgehead atoms. The summed E-state index contributed by atoms with van der Waals surface area (Å²) in [6, 6.07) is 9.66. The third kappa shape index (κ3) is 6.14. The van der Waals surface area contributed by atoms with E-state index in [2.05, 4.69) is 10.0 Å². The zero-order valence-corrected chi connectivity index (χ0v) is 11.8. The Hall–Kier alpha value is -0.910. The van der Waals surface area contributed by atoms with Crippen LogP contribution in [0.1, 0.15) is 12.5 Å². The number of benzene rings is 1. The average Bonchev–Trinajstić information content (AvgIpc) is 2.36. The molecule has 0 amide bonds. The van der Waals surface area contributed by atoms with E-state index in [-0.39, 0.29) is 5.75 Å². The van der Waals surface area contributed by atoms with Crippen molar-refractivity contribution in [3.05, 3.63) is 35.9 Å². The van der Waals surface area contributed by atoms with E-state index in [9.17, 15) is 8.42 Å². The van der Waals surface area contributed by atoms with Gasteiger partial charge in [0.25, 0.3) is 0 Å². The highest BCUT2D eigenvalue weighted by molar-refractivity contribution is 7.89. The van der Waals surface area contributed by atoms with Crippen LogP contribution in [0.4, 0.5) is 0 Å². The number of nitrogens with one attached hydrogen (secondary N) is 2. The zero-order chi connectivity index (χ0) is 13.4. The van der Waals surface area contributed by atoms with Crippen LogP contribution in [0.5, 0.6) is 0 Å². The third-order valence-electron chi connectivity index (χ3n) is 2.71. The molecule has 0 aliphatic heterocycles. The lowest BCUT2D eigenvalue weighted by Gasteiger charge is -2.12. The Labute approximate surface area is 110 Å². The summed E-state index contributed by atoms with van der Waals surface area (Å²) < 4.78 is 26.2. The molecule has 0 fully saturated rings. The van der Waals surface area contributed by atoms with Crippen molar-refractivity contribution in [2.24, 2.45) is 5.92 Å². The van der Waals surface area contributed by atoms with Gasteiger partial charge in [-0.15, -0.1) is 0 Å². The quantitative estimate of drug-likeness (QED) is 0.741. The number of hydrogen-bond acceptors (Lipinski definition) is 3. The van der Waals surface area contributed by atoms with Crippen molar-refractivity contribution in [3.8, 4) is 0 Å². The first kappa shape index (κ1) is 15.1. The maximum Gasteiger partial charge on any atom is 0.211 e. The van der Waals surface area contributed by atoms with E-state index < -0.39 is 10.0 Å². The summed E-state index contributed by atoms with van der Waals surface area (Å²) in [5.74, 6) is 0.435. The molecule has 4 nitrogen and oxygen atoms in total. The van der Waals surface area contributed by atoms with E-state index in [1.165, 1.54) is 0 Å². The largest absolute Gasteiger partial charge is 0.319 e. The van der Waals surface area contributed by atoms with Gasteiger partial charge in [0, 0.05) is 6.54 Å². The van der Waals surface area contributed by atoms with Gasteiger partial charge >= 0.3 is 0 Å². The van der Waals surface area contributed by atoms with Crippen molar-refractivity contribution in [1.29, 1.82) is 0 Å². The van der Waals surface area contributed by atoms with Gasteiger partial charge in [0.2, 0.25) is 10.0 Å². The van der Waals surface area contributed by atoms with Gasteiger partial charge in [0.15, 0.2) is 0 Å². The lowest BCUT2D eigenvalue weighted by molar-refractivity contribution is 0.519. The minimum absolute atomic E-state index is 0.142. The molecule has 0 spiro atoms. The fourth-order valence-electron chi connectivity index (χ4n) is 1.66. The standard InChI is InChI=1S/C13H22N2O2S/c1-12(10-14-2)11-15-18(16,17)9-8-13-6-4-3-5-7-13/h3-7,12,14-15H,8-11H2,1-2H3. The van der Waals surface area contributed by atoms with Crippen LogP contribution in [-0.2, 0) is 16.4 Å². The first-order valence-electron chi connectivity index (χ1n) is 6.19. The predicted octanol–water partition coefficient (Wildman–Crippen LogP) is 1.00. The van der Waals surface area contributed by atoms with E-state index in [0.717, 1.165) is 12.1 Å². The van der Waals surface area contributed by atoms with Crippen molar-refractivity contribution >= 4 is 10.0 Å². The van der Waals surface area contributed by atoms with Gasteiger partial charge in [-0.2, -0.15) is 0 Å². The molecule has 5 heteroatoms. The lowest BCUT2D eigenvalue weighted by atomic mass is 10.2. The topological polar surface area (TPSA) is 58.2 Å². The van der Waals surface area contributed by atoms with Crippen molar-refractivity contribution in [1.82, 2.24) is 10.0 Å². The highest BCUT2D eigenvalue weighted by atomic mass is 32.2. The van der Waals surface area contributed by atoms with Crippen LogP contribution in [0.2, 0.25) is 0 Å². The van der Waals surface area contributed by atoms with Gasteiger partial charge in [-0.1, -0.05) is 37.3 Å². The normalized spacial score (nSPS) is 13.4. The smallest absolute Gasteiger partial charge is 0.211 e. The molecule has 2 N–H and O–H groups in total. The molecule has 1 rings (SSSR count). The summed E-state index contributed by atoms with van der Waals surface area (Å²) in [4.78, 5) is 0. The molecule has 1 aromatic carbocycles. The predicted molar refractivity (Wildman–Crippen MR) is 75.0 cm³/mol. The van der Waals surface area contributed by atoms with Crippen LogP contribution >= 0.6 is 0 Å². The molecule has 0 aromatic heterocycles. The molecule has 0 aliphatic rings. The van der Waals surface area contributed by atoms with Crippen molar-refractivity contribution in [2.45, 2.75) is 13.3 Å². The second-order valence-electron chi connectivity index (χ2n) is 4.57. The Bertz CT molecular complexity index is 432. The molecule has 1 aromatic rings. The van der Waals surface area contributed by atoms with Gasteiger partial charge in [-0.25, -0.2) is 13.1 Å². The molecule has 1 unspecified atom stereocenters. The number of hydrogen-bond donors (Lipinski definition) is 2. The van der Waals surface area contributed by atoms with Crippen LogP contribution in [0, 0.1) is 5.92 Å². The molecular formula is C13H22N2O2S. The van der Waals surface area contributed by atoms with Gasteiger partial charge in [0.1, 0.15) is 0 Å². The van der Waals surface area contributed by atoms with Crippen LogP contribution in [0.25, 0.3) is 0 Å². The lowest BCUT2D eigenvalue weighted by Crippen LogP contribution is -2.34. The van der Waals surface area contributed by atoms with E-state index in [0.29, 0.717) is 18.9 Å². The average molecular weight is 270 g/mol. The Morgan fingerprint density at radius 2 is 1.83 bits per heavy atom. The number of aryl methyl sites for hydroxylation is 1. The van der Waals surface area contributed by atoms with Crippen molar-refractivity contribution in [3.63, 3.8) is 0 Å². The molecule has 102 valence electrons. The zero-order valence-electron chi connectivity index (χ0n) is 11.0. The first-order chi connectivity index (χ1) is 8.53. The van der Waals surface area contributed by atoms with Crippen LogP contribution in [0.3, 0.4) is 0 Å². The second-order valence-corrected chi connectivity index (χ2v) is 6.49. The fraction of sp³-hybridized carbons (Fsp3) is 0.538. The van der Waals surface area contributed by atoms with Crippen LogP contribution in [-0.4, -0.2) is 34.3 Å². The van der Waals surface area contributed by atoms with Crippen molar-refractivity contribution < 1.29 is 8.42 Å². The first-order valence-corrected chi connectivity index (χ1v) is 7.84. The van der Waals surface area contributed by atoms with E-state index in [4.69, 9.17) is 0 Å². The minimum Gasteiger partial charge on any atom is -0.319 e. The van der Waals surface area contributed by atoms with Gasteiger partial charge in [0.05, 0.1) is 5.75 Å². The monoisotopic (exact) mass is 270 g/mol. The SMILES string of the molecule is CNCC(C)CNS(=O)(=O)CCc1ccccc1. The van der Waals surface area contributed by atoms with E-state index in [1.807, 2.05) is 44.3 Å². The molecule has 0 heterocycles. The maximum absolute atomic E-state index is 11.8. The molecule has 1 atom stereocenters. The van der Waals surface area contributed by atoms with Crippen LogP contribution in [0.15, 0.2) is 30.3 Å². The summed E-state index contributed by atoms with van der Waals surface area (Å²) in [6.45, 7) is 3.30. The highest BCUT2D eigenvalue weighted by Gasteiger charge is 2.11. The highest BCUT2D eigenvalue weighted by Crippen LogP contribution is 2.01. The maximum atomic E-state index is 11.8.